The number of nitrogens with one attached hydrogen (secondary N) is 1. The Kier molecular flexibility index (Phi) is 5.92. The molecular formula is C21H22F3N5O4S. The summed E-state index contributed by atoms with van der Waals surface area (Å²) in [6, 6.07) is 3.31. The number of halogens is 3. The average Bonchev–Trinajstić information content (AvgIpc) is 3.59. The van der Waals surface area contributed by atoms with Crippen LogP contribution in [-0.4, -0.2) is 49.0 Å². The fraction of sp³-hybridized carbons (Fsp3) is 0.381. The smallest absolute Gasteiger partial charge is 0.274 e. The summed E-state index contributed by atoms with van der Waals surface area (Å²) in [4.78, 5) is 20.4. The van der Waals surface area contributed by atoms with E-state index in [0.717, 1.165) is 26.8 Å². The molecule has 3 N–H and O–H groups in total. The third kappa shape index (κ3) is 4.52. The minimum Gasteiger partial charge on any atom is -0.492 e. The van der Waals surface area contributed by atoms with Crippen LogP contribution in [0.4, 0.5) is 18.9 Å². The van der Waals surface area contributed by atoms with Crippen LogP contribution in [0.3, 0.4) is 0 Å². The number of carbonyl (C=O) groups excluding carboxylic acids is 1. The number of anilines is 1. The Morgan fingerprint density at radius 3 is 2.59 bits per heavy atom. The van der Waals surface area contributed by atoms with Gasteiger partial charge in [-0.2, -0.15) is 0 Å². The summed E-state index contributed by atoms with van der Waals surface area (Å²) in [5, 5.41) is 2.15. The number of pyridine rings is 1. The topological polar surface area (TPSA) is 127 Å². The summed E-state index contributed by atoms with van der Waals surface area (Å²) in [6.45, 7) is 1.66. The number of aliphatic imine (C=N–C) groups is 1. The SMILES string of the molecule is CN1C(N)=N[C@](C)(c2c(F)c(F)cc(NC(=O)c3ccc(OCC4CC4)cn3)c2F)CS1(=O)=O. The zero-order chi connectivity index (χ0) is 24.8. The molecule has 1 fully saturated rings. The first-order valence-corrected chi connectivity index (χ1v) is 11.9. The molecule has 1 aliphatic heterocycles. The van der Waals surface area contributed by atoms with Gasteiger partial charge in [-0.25, -0.2) is 35.9 Å². The maximum absolute atomic E-state index is 15.4. The molecule has 2 aromatic rings. The summed E-state index contributed by atoms with van der Waals surface area (Å²) in [7, 11) is -2.96. The zero-order valence-electron chi connectivity index (χ0n) is 18.3. The number of sulfonamides is 1. The summed E-state index contributed by atoms with van der Waals surface area (Å²) in [5.41, 5.74) is 1.74. The number of aromatic nitrogens is 1. The van der Waals surface area contributed by atoms with Gasteiger partial charge in [-0.1, -0.05) is 0 Å². The van der Waals surface area contributed by atoms with E-state index in [4.69, 9.17) is 10.5 Å². The summed E-state index contributed by atoms with van der Waals surface area (Å²) in [5.74, 6) is -5.82. The van der Waals surface area contributed by atoms with Crippen LogP contribution in [-0.2, 0) is 15.6 Å². The highest BCUT2D eigenvalue weighted by Gasteiger charge is 2.44. The van der Waals surface area contributed by atoms with Crippen molar-refractivity contribution < 1.29 is 31.1 Å². The van der Waals surface area contributed by atoms with Gasteiger partial charge in [0.15, 0.2) is 17.5 Å². The van der Waals surface area contributed by atoms with E-state index in [-0.39, 0.29) is 5.69 Å². The van der Waals surface area contributed by atoms with Crippen molar-refractivity contribution in [3.8, 4) is 5.75 Å². The Labute approximate surface area is 193 Å². The predicted molar refractivity (Wildman–Crippen MR) is 117 cm³/mol. The molecular weight excluding hydrogens is 475 g/mol. The first-order chi connectivity index (χ1) is 15.9. The van der Waals surface area contributed by atoms with E-state index < -0.39 is 61.9 Å². The molecule has 182 valence electrons. The number of ether oxygens (including phenoxy) is 1. The second-order valence-electron chi connectivity index (χ2n) is 8.46. The lowest BCUT2D eigenvalue weighted by atomic mass is 9.92. The highest BCUT2D eigenvalue weighted by molar-refractivity contribution is 7.89. The molecule has 0 unspecified atom stereocenters. The second-order valence-corrected chi connectivity index (χ2v) is 10.5. The lowest BCUT2D eigenvalue weighted by Crippen LogP contribution is -2.50. The molecule has 0 bridgehead atoms. The summed E-state index contributed by atoms with van der Waals surface area (Å²) in [6.07, 6.45) is 3.54. The van der Waals surface area contributed by atoms with Crippen molar-refractivity contribution in [1.29, 1.82) is 0 Å². The number of carbonyl (C=O) groups is 1. The van der Waals surface area contributed by atoms with Crippen LogP contribution in [0.25, 0.3) is 0 Å². The molecule has 9 nitrogen and oxygen atoms in total. The Morgan fingerprint density at radius 1 is 1.29 bits per heavy atom. The van der Waals surface area contributed by atoms with Crippen molar-refractivity contribution in [2.45, 2.75) is 25.3 Å². The molecule has 34 heavy (non-hydrogen) atoms. The van der Waals surface area contributed by atoms with Crippen molar-refractivity contribution >= 4 is 27.6 Å². The summed E-state index contributed by atoms with van der Waals surface area (Å²) >= 11 is 0. The molecule has 0 radical (unpaired) electrons. The van der Waals surface area contributed by atoms with Gasteiger partial charge in [0.25, 0.3) is 5.91 Å². The molecule has 0 spiro atoms. The maximum Gasteiger partial charge on any atom is 0.274 e. The molecule has 1 aromatic heterocycles. The number of amides is 1. The van der Waals surface area contributed by atoms with Crippen molar-refractivity contribution in [2.75, 3.05) is 24.7 Å². The third-order valence-corrected chi connectivity index (χ3v) is 7.61. The second kappa shape index (κ2) is 8.46. The fourth-order valence-electron chi connectivity index (χ4n) is 3.53. The number of guanidine groups is 1. The quantitative estimate of drug-likeness (QED) is 0.590. The van der Waals surface area contributed by atoms with E-state index in [1.165, 1.54) is 18.3 Å². The summed E-state index contributed by atoms with van der Waals surface area (Å²) < 4.78 is 75.5. The number of nitrogens with two attached hydrogens (primary N) is 1. The molecule has 13 heteroatoms. The van der Waals surface area contributed by atoms with Gasteiger partial charge in [0.2, 0.25) is 16.0 Å². The van der Waals surface area contributed by atoms with E-state index in [1.54, 1.807) is 0 Å². The first kappa shape index (κ1) is 23.8. The molecule has 1 saturated carbocycles. The number of hydrogen-bond acceptors (Lipinski definition) is 7. The molecule has 2 aliphatic rings. The van der Waals surface area contributed by atoms with Crippen LogP contribution >= 0.6 is 0 Å². The fourth-order valence-corrected chi connectivity index (χ4v) is 4.97. The highest BCUT2D eigenvalue weighted by Crippen LogP contribution is 2.38. The Bertz CT molecular complexity index is 1280. The van der Waals surface area contributed by atoms with Crippen LogP contribution in [0, 0.1) is 23.4 Å². The van der Waals surface area contributed by atoms with Gasteiger partial charge in [-0.05, 0) is 37.8 Å². The van der Waals surface area contributed by atoms with Gasteiger partial charge in [0, 0.05) is 13.1 Å². The predicted octanol–water partition coefficient (Wildman–Crippen LogP) is 2.35. The lowest BCUT2D eigenvalue weighted by molar-refractivity contribution is 0.102. The molecule has 2 heterocycles. The Balaban J connectivity index is 1.63. The minimum atomic E-state index is -4.09. The normalized spacial score (nSPS) is 21.7. The monoisotopic (exact) mass is 497 g/mol. The van der Waals surface area contributed by atoms with Gasteiger partial charge in [-0.15, -0.1) is 0 Å². The van der Waals surface area contributed by atoms with E-state index in [1.807, 2.05) is 0 Å². The maximum atomic E-state index is 15.4. The van der Waals surface area contributed by atoms with Crippen LogP contribution in [0.15, 0.2) is 29.4 Å². The van der Waals surface area contributed by atoms with Gasteiger partial charge in [0.1, 0.15) is 17.0 Å². The van der Waals surface area contributed by atoms with Crippen molar-refractivity contribution in [2.24, 2.45) is 16.6 Å². The molecule has 1 amide bonds. The minimum absolute atomic E-state index is 0.125. The van der Waals surface area contributed by atoms with Crippen molar-refractivity contribution in [3.05, 3.63) is 53.1 Å². The number of rotatable bonds is 6. The van der Waals surface area contributed by atoms with Crippen molar-refractivity contribution in [3.63, 3.8) is 0 Å². The van der Waals surface area contributed by atoms with Crippen molar-refractivity contribution in [1.82, 2.24) is 9.29 Å². The van der Waals surface area contributed by atoms with Gasteiger partial charge < -0.3 is 15.8 Å². The van der Waals surface area contributed by atoms with Gasteiger partial charge in [-0.3, -0.25) is 4.79 Å². The van der Waals surface area contributed by atoms with Crippen LogP contribution in [0.5, 0.6) is 5.75 Å². The van der Waals surface area contributed by atoms with Crippen LogP contribution in [0.2, 0.25) is 0 Å². The van der Waals surface area contributed by atoms with E-state index >= 15 is 4.39 Å². The number of nitrogens with zero attached hydrogens (tertiary/aromatic N) is 3. The first-order valence-electron chi connectivity index (χ1n) is 10.3. The molecule has 1 aliphatic carbocycles. The highest BCUT2D eigenvalue weighted by atomic mass is 32.2. The van der Waals surface area contributed by atoms with Gasteiger partial charge in [0.05, 0.1) is 29.8 Å². The zero-order valence-corrected chi connectivity index (χ0v) is 19.1. The lowest BCUT2D eigenvalue weighted by Gasteiger charge is -2.35. The van der Waals surface area contributed by atoms with Crippen LogP contribution in [0.1, 0.15) is 35.8 Å². The number of hydrogen-bond donors (Lipinski definition) is 2. The Morgan fingerprint density at radius 2 is 2.00 bits per heavy atom. The Hall–Kier alpha value is -3.35. The largest absolute Gasteiger partial charge is 0.492 e. The molecule has 1 atom stereocenters. The third-order valence-electron chi connectivity index (χ3n) is 5.66. The average molecular weight is 497 g/mol. The van der Waals surface area contributed by atoms with Crippen LogP contribution < -0.4 is 15.8 Å². The van der Waals surface area contributed by atoms with E-state index in [9.17, 15) is 22.0 Å². The number of benzene rings is 1. The molecule has 0 saturated heterocycles. The van der Waals surface area contributed by atoms with Gasteiger partial charge >= 0.3 is 0 Å². The van der Waals surface area contributed by atoms with E-state index in [0.29, 0.717) is 28.6 Å². The van der Waals surface area contributed by atoms with E-state index in [2.05, 4.69) is 15.3 Å². The molecule has 4 rings (SSSR count). The standard InChI is InChI=1S/C21H22F3N5O4S/c1-21(10-34(31,32)29(2)20(25)28-21)16-17(23)13(22)7-15(18(16)24)27-19(30)14-6-5-12(8-26-14)33-9-11-3-4-11/h5-8,11H,3-4,9-10H2,1-2H3,(H2,25,28)(H,27,30)/t21-/m0/s1. The molecule has 1 aromatic carbocycles.